The zero-order chi connectivity index (χ0) is 10.9. The van der Waals surface area contributed by atoms with Gasteiger partial charge in [-0.05, 0) is 31.5 Å². The van der Waals surface area contributed by atoms with Gasteiger partial charge < -0.3 is 5.73 Å². The minimum atomic E-state index is -0.359. The Balaban J connectivity index is 2.58. The van der Waals surface area contributed by atoms with Gasteiger partial charge in [0.25, 0.3) is 0 Å². The molecule has 1 aromatic carbocycles. The molecule has 2 N–H and O–H groups in total. The van der Waals surface area contributed by atoms with Crippen LogP contribution >= 0.6 is 0 Å². The van der Waals surface area contributed by atoms with Gasteiger partial charge >= 0.3 is 0 Å². The van der Waals surface area contributed by atoms with E-state index in [0.29, 0.717) is 0 Å². The van der Waals surface area contributed by atoms with Crippen molar-refractivity contribution in [3.8, 4) is 5.69 Å². The predicted molar refractivity (Wildman–Crippen MR) is 60.8 cm³/mol. The second-order valence-corrected chi connectivity index (χ2v) is 4.19. The van der Waals surface area contributed by atoms with Crippen molar-refractivity contribution in [1.29, 1.82) is 0 Å². The van der Waals surface area contributed by atoms with Crippen LogP contribution in [-0.4, -0.2) is 9.78 Å². The van der Waals surface area contributed by atoms with E-state index in [0.717, 1.165) is 11.3 Å². The highest BCUT2D eigenvalue weighted by Gasteiger charge is 2.18. The van der Waals surface area contributed by atoms with E-state index < -0.39 is 0 Å². The van der Waals surface area contributed by atoms with E-state index in [1.165, 1.54) is 0 Å². The molecule has 0 radical (unpaired) electrons. The van der Waals surface area contributed by atoms with Gasteiger partial charge in [-0.25, -0.2) is 4.68 Å². The van der Waals surface area contributed by atoms with E-state index in [1.54, 1.807) is 6.20 Å². The lowest BCUT2D eigenvalue weighted by Gasteiger charge is -2.22. The molecule has 78 valence electrons. The molecule has 3 nitrogen and oxygen atoms in total. The maximum Gasteiger partial charge on any atom is 0.0695 e. The van der Waals surface area contributed by atoms with Gasteiger partial charge in [0.2, 0.25) is 0 Å². The summed E-state index contributed by atoms with van der Waals surface area (Å²) in [6, 6.07) is 9.96. The highest BCUT2D eigenvalue weighted by atomic mass is 15.3. The van der Waals surface area contributed by atoms with E-state index in [9.17, 15) is 0 Å². The second kappa shape index (κ2) is 3.51. The second-order valence-electron chi connectivity index (χ2n) is 4.19. The topological polar surface area (TPSA) is 43.8 Å². The number of hydrogen-bond acceptors (Lipinski definition) is 2. The molecule has 0 bridgehead atoms. The molecule has 1 aromatic heterocycles. The number of benzene rings is 1. The Morgan fingerprint density at radius 2 is 1.93 bits per heavy atom. The number of aromatic nitrogens is 2. The van der Waals surface area contributed by atoms with Crippen molar-refractivity contribution >= 4 is 0 Å². The Morgan fingerprint density at radius 3 is 2.53 bits per heavy atom. The van der Waals surface area contributed by atoms with E-state index >= 15 is 0 Å². The van der Waals surface area contributed by atoms with Crippen molar-refractivity contribution in [2.45, 2.75) is 19.4 Å². The van der Waals surface area contributed by atoms with Crippen LogP contribution in [0.15, 0.2) is 42.7 Å². The van der Waals surface area contributed by atoms with Crippen molar-refractivity contribution in [2.24, 2.45) is 5.73 Å². The average Bonchev–Trinajstić information content (AvgIpc) is 2.69. The molecule has 0 spiro atoms. The molecule has 3 heteroatoms. The SMILES string of the molecule is CC(C)(N)c1ccccc1-n1cccn1. The van der Waals surface area contributed by atoms with Crippen LogP contribution in [-0.2, 0) is 5.54 Å². The first kappa shape index (κ1) is 9.93. The summed E-state index contributed by atoms with van der Waals surface area (Å²) in [5.74, 6) is 0. The number of nitrogens with zero attached hydrogens (tertiary/aromatic N) is 2. The van der Waals surface area contributed by atoms with Gasteiger partial charge in [0.1, 0.15) is 0 Å². The molecule has 0 saturated carbocycles. The first-order chi connectivity index (χ1) is 7.09. The fourth-order valence-corrected chi connectivity index (χ4v) is 1.63. The molecule has 2 aromatic rings. The zero-order valence-corrected chi connectivity index (χ0v) is 9.01. The van der Waals surface area contributed by atoms with Crippen molar-refractivity contribution in [2.75, 3.05) is 0 Å². The molecule has 0 unspecified atom stereocenters. The zero-order valence-electron chi connectivity index (χ0n) is 9.01. The minimum absolute atomic E-state index is 0.359. The Morgan fingerprint density at radius 1 is 1.20 bits per heavy atom. The maximum absolute atomic E-state index is 6.12. The largest absolute Gasteiger partial charge is 0.322 e. The average molecular weight is 201 g/mol. The molecule has 0 aliphatic heterocycles. The third-order valence-electron chi connectivity index (χ3n) is 2.35. The Hall–Kier alpha value is -1.61. The number of nitrogens with two attached hydrogens (primary N) is 1. The summed E-state index contributed by atoms with van der Waals surface area (Å²) < 4.78 is 1.84. The van der Waals surface area contributed by atoms with Gasteiger partial charge in [0, 0.05) is 17.9 Å². The van der Waals surface area contributed by atoms with Gasteiger partial charge in [0.05, 0.1) is 5.69 Å². The van der Waals surface area contributed by atoms with Gasteiger partial charge in [-0.2, -0.15) is 5.10 Å². The van der Waals surface area contributed by atoms with Crippen LogP contribution in [0.3, 0.4) is 0 Å². The normalized spacial score (nSPS) is 11.7. The fourth-order valence-electron chi connectivity index (χ4n) is 1.63. The van der Waals surface area contributed by atoms with Crippen molar-refractivity contribution in [3.63, 3.8) is 0 Å². The number of rotatable bonds is 2. The van der Waals surface area contributed by atoms with Crippen LogP contribution in [0.1, 0.15) is 19.4 Å². The molecule has 0 fully saturated rings. The molecule has 0 amide bonds. The Bertz CT molecular complexity index is 438. The quantitative estimate of drug-likeness (QED) is 0.808. The number of hydrogen-bond donors (Lipinski definition) is 1. The summed E-state index contributed by atoms with van der Waals surface area (Å²) in [4.78, 5) is 0. The highest BCUT2D eigenvalue weighted by Crippen LogP contribution is 2.23. The molecule has 2 rings (SSSR count). The summed E-state index contributed by atoms with van der Waals surface area (Å²) in [5.41, 5.74) is 7.89. The molecule has 0 aliphatic rings. The highest BCUT2D eigenvalue weighted by molar-refractivity contribution is 5.43. The van der Waals surface area contributed by atoms with Crippen LogP contribution < -0.4 is 5.73 Å². The van der Waals surface area contributed by atoms with Gasteiger partial charge in [0.15, 0.2) is 0 Å². The van der Waals surface area contributed by atoms with Crippen LogP contribution in [0.4, 0.5) is 0 Å². The van der Waals surface area contributed by atoms with E-state index in [4.69, 9.17) is 5.73 Å². The van der Waals surface area contributed by atoms with Crippen LogP contribution in [0.2, 0.25) is 0 Å². The summed E-state index contributed by atoms with van der Waals surface area (Å²) in [6.07, 6.45) is 3.69. The standard InChI is InChI=1S/C12H15N3/c1-12(2,13)10-6-3-4-7-11(10)15-9-5-8-14-15/h3-9H,13H2,1-2H3. The third-order valence-corrected chi connectivity index (χ3v) is 2.35. The van der Waals surface area contributed by atoms with Gasteiger partial charge in [-0.3, -0.25) is 0 Å². The lowest BCUT2D eigenvalue weighted by Crippen LogP contribution is -2.30. The van der Waals surface area contributed by atoms with Crippen LogP contribution in [0.5, 0.6) is 0 Å². The van der Waals surface area contributed by atoms with E-state index in [1.807, 2.05) is 55.1 Å². The molecule has 15 heavy (non-hydrogen) atoms. The first-order valence-corrected chi connectivity index (χ1v) is 4.97. The van der Waals surface area contributed by atoms with Crippen molar-refractivity contribution in [1.82, 2.24) is 9.78 Å². The lowest BCUT2D eigenvalue weighted by molar-refractivity contribution is 0.549. The van der Waals surface area contributed by atoms with Crippen LogP contribution in [0, 0.1) is 0 Å². The number of para-hydroxylation sites is 1. The molecular formula is C12H15N3. The van der Waals surface area contributed by atoms with Crippen molar-refractivity contribution in [3.05, 3.63) is 48.3 Å². The van der Waals surface area contributed by atoms with Gasteiger partial charge in [-0.1, -0.05) is 18.2 Å². The van der Waals surface area contributed by atoms with E-state index in [2.05, 4.69) is 5.10 Å². The molecule has 0 atom stereocenters. The summed E-state index contributed by atoms with van der Waals surface area (Å²) in [6.45, 7) is 3.99. The molecular weight excluding hydrogens is 186 g/mol. The van der Waals surface area contributed by atoms with E-state index in [-0.39, 0.29) is 5.54 Å². The third kappa shape index (κ3) is 1.92. The first-order valence-electron chi connectivity index (χ1n) is 4.97. The monoisotopic (exact) mass is 201 g/mol. The molecule has 0 aliphatic carbocycles. The lowest BCUT2D eigenvalue weighted by atomic mass is 9.94. The van der Waals surface area contributed by atoms with Crippen LogP contribution in [0.25, 0.3) is 5.69 Å². The van der Waals surface area contributed by atoms with Crippen molar-refractivity contribution < 1.29 is 0 Å². The van der Waals surface area contributed by atoms with Gasteiger partial charge in [-0.15, -0.1) is 0 Å². The fraction of sp³-hybridized carbons (Fsp3) is 0.250. The molecule has 0 saturated heterocycles. The molecule has 1 heterocycles. The Kier molecular flexibility index (Phi) is 2.32. The minimum Gasteiger partial charge on any atom is -0.322 e. The smallest absolute Gasteiger partial charge is 0.0695 e. The maximum atomic E-state index is 6.12. The predicted octanol–water partition coefficient (Wildman–Crippen LogP) is 2.07. The Labute approximate surface area is 89.5 Å². The summed E-state index contributed by atoms with van der Waals surface area (Å²) >= 11 is 0. The summed E-state index contributed by atoms with van der Waals surface area (Å²) in [5, 5.41) is 4.22. The summed E-state index contributed by atoms with van der Waals surface area (Å²) in [7, 11) is 0.